The van der Waals surface area contributed by atoms with Gasteiger partial charge in [0.1, 0.15) is 5.82 Å². The zero-order valence-corrected chi connectivity index (χ0v) is 17.6. The summed E-state index contributed by atoms with van der Waals surface area (Å²) in [4.78, 5) is 17.3. The Morgan fingerprint density at radius 1 is 0.933 bits per heavy atom. The maximum Gasteiger partial charge on any atom is 0.254 e. The molecule has 0 N–H and O–H groups in total. The second-order valence-corrected chi connectivity index (χ2v) is 8.04. The Balaban J connectivity index is 1.40. The molecule has 2 aromatic rings. The molecule has 0 bridgehead atoms. The number of carbonyl (C=O) groups excluding carboxylic acids is 1. The monoisotopic (exact) mass is 414 g/mol. The summed E-state index contributed by atoms with van der Waals surface area (Å²) in [5, 5.41) is 0. The van der Waals surface area contributed by atoms with Crippen LogP contribution in [0.4, 0.5) is 10.1 Å². The smallest absolute Gasteiger partial charge is 0.254 e. The first-order chi connectivity index (χ1) is 14.5. The SMILES string of the molecule is COc1cc(C(=O)N2CCC3(CC2)CN(c2ccc(F)cc2)C3)cc(OC)c1OC. The lowest BCUT2D eigenvalue weighted by molar-refractivity contribution is 0.0502. The van der Waals surface area contributed by atoms with Crippen LogP contribution in [0.3, 0.4) is 0 Å². The number of benzene rings is 2. The van der Waals surface area contributed by atoms with Gasteiger partial charge in [0.05, 0.1) is 21.3 Å². The van der Waals surface area contributed by atoms with Gasteiger partial charge in [-0.3, -0.25) is 4.79 Å². The number of methoxy groups -OCH3 is 3. The van der Waals surface area contributed by atoms with Crippen LogP contribution in [0.15, 0.2) is 36.4 Å². The number of hydrogen-bond acceptors (Lipinski definition) is 5. The topological polar surface area (TPSA) is 51.2 Å². The number of amides is 1. The van der Waals surface area contributed by atoms with Crippen LogP contribution in [-0.4, -0.2) is 58.3 Å². The van der Waals surface area contributed by atoms with Crippen molar-refractivity contribution >= 4 is 11.6 Å². The molecule has 2 aliphatic heterocycles. The summed E-state index contributed by atoms with van der Waals surface area (Å²) in [7, 11) is 4.62. The van der Waals surface area contributed by atoms with Gasteiger partial charge in [0, 0.05) is 42.8 Å². The first kappa shape index (κ1) is 20.3. The van der Waals surface area contributed by atoms with Crippen molar-refractivity contribution in [2.75, 3.05) is 52.4 Å². The Morgan fingerprint density at radius 3 is 2.00 bits per heavy atom. The molecular weight excluding hydrogens is 387 g/mol. The highest BCUT2D eigenvalue weighted by Gasteiger charge is 2.45. The standard InChI is InChI=1S/C23H27FN2O4/c1-28-19-12-16(13-20(29-2)21(19)30-3)22(27)25-10-8-23(9-11-25)14-26(15-23)18-6-4-17(24)5-7-18/h4-7,12-13H,8-11,14-15H2,1-3H3. The Labute approximate surface area is 176 Å². The van der Waals surface area contributed by atoms with Crippen molar-refractivity contribution in [1.29, 1.82) is 0 Å². The Bertz CT molecular complexity index is 890. The lowest BCUT2D eigenvalue weighted by Crippen LogP contribution is -2.61. The van der Waals surface area contributed by atoms with Crippen LogP contribution < -0.4 is 19.1 Å². The van der Waals surface area contributed by atoms with E-state index >= 15 is 0 Å². The lowest BCUT2D eigenvalue weighted by Gasteiger charge is -2.55. The first-order valence-corrected chi connectivity index (χ1v) is 10.1. The first-order valence-electron chi connectivity index (χ1n) is 10.1. The molecule has 7 heteroatoms. The highest BCUT2D eigenvalue weighted by atomic mass is 19.1. The maximum absolute atomic E-state index is 13.1. The van der Waals surface area contributed by atoms with E-state index in [-0.39, 0.29) is 17.1 Å². The molecule has 30 heavy (non-hydrogen) atoms. The van der Waals surface area contributed by atoms with Crippen molar-refractivity contribution in [3.8, 4) is 17.2 Å². The van der Waals surface area contributed by atoms with Crippen LogP contribution >= 0.6 is 0 Å². The van der Waals surface area contributed by atoms with Crippen molar-refractivity contribution in [3.05, 3.63) is 47.8 Å². The van der Waals surface area contributed by atoms with Gasteiger partial charge in [-0.2, -0.15) is 0 Å². The number of carbonyl (C=O) groups is 1. The second-order valence-electron chi connectivity index (χ2n) is 8.04. The summed E-state index contributed by atoms with van der Waals surface area (Å²) in [6.45, 7) is 3.33. The van der Waals surface area contributed by atoms with Crippen LogP contribution in [0.1, 0.15) is 23.2 Å². The normalized spacial score (nSPS) is 17.5. The Morgan fingerprint density at radius 2 is 1.50 bits per heavy atom. The molecule has 160 valence electrons. The van der Waals surface area contributed by atoms with Crippen molar-refractivity contribution in [2.45, 2.75) is 12.8 Å². The molecule has 4 rings (SSSR count). The van der Waals surface area contributed by atoms with Gasteiger partial charge in [-0.05, 0) is 49.2 Å². The molecule has 1 spiro atoms. The van der Waals surface area contributed by atoms with Crippen molar-refractivity contribution < 1.29 is 23.4 Å². The van der Waals surface area contributed by atoms with Crippen LogP contribution in [0, 0.1) is 11.2 Å². The van der Waals surface area contributed by atoms with Gasteiger partial charge in [-0.25, -0.2) is 4.39 Å². The number of likely N-dealkylation sites (tertiary alicyclic amines) is 1. The summed E-state index contributed by atoms with van der Waals surface area (Å²) in [6.07, 6.45) is 1.92. The molecule has 0 unspecified atom stereocenters. The zero-order valence-electron chi connectivity index (χ0n) is 17.6. The number of piperidine rings is 1. The summed E-state index contributed by atoms with van der Waals surface area (Å²) in [6, 6.07) is 10.1. The average Bonchev–Trinajstić information content (AvgIpc) is 2.76. The van der Waals surface area contributed by atoms with Crippen LogP contribution in [-0.2, 0) is 0 Å². The fourth-order valence-corrected chi connectivity index (χ4v) is 4.49. The third kappa shape index (κ3) is 3.64. The number of nitrogens with zero attached hydrogens (tertiary/aromatic N) is 2. The van der Waals surface area contributed by atoms with E-state index in [4.69, 9.17) is 14.2 Å². The molecule has 0 aliphatic carbocycles. The van der Waals surface area contributed by atoms with E-state index in [1.54, 1.807) is 33.5 Å². The van der Waals surface area contributed by atoms with E-state index < -0.39 is 0 Å². The Kier molecular flexibility index (Phi) is 5.45. The predicted octanol–water partition coefficient (Wildman–Crippen LogP) is 3.59. The van der Waals surface area contributed by atoms with Gasteiger partial charge < -0.3 is 24.0 Å². The maximum atomic E-state index is 13.1. The van der Waals surface area contributed by atoms with Gasteiger partial charge in [-0.1, -0.05) is 0 Å². The summed E-state index contributed by atoms with van der Waals surface area (Å²) in [5.41, 5.74) is 1.82. The molecule has 2 aliphatic rings. The molecule has 1 amide bonds. The molecule has 0 radical (unpaired) electrons. The molecule has 6 nitrogen and oxygen atoms in total. The van der Waals surface area contributed by atoms with Gasteiger partial charge in [0.15, 0.2) is 11.5 Å². The van der Waals surface area contributed by atoms with E-state index in [9.17, 15) is 9.18 Å². The summed E-state index contributed by atoms with van der Waals surface area (Å²) < 4.78 is 29.2. The molecule has 2 saturated heterocycles. The van der Waals surface area contributed by atoms with Crippen molar-refractivity contribution in [1.82, 2.24) is 4.90 Å². The van der Waals surface area contributed by atoms with Gasteiger partial charge in [0.2, 0.25) is 5.75 Å². The minimum absolute atomic E-state index is 0.0289. The third-order valence-electron chi connectivity index (χ3n) is 6.27. The van der Waals surface area contributed by atoms with Crippen molar-refractivity contribution in [3.63, 3.8) is 0 Å². The molecular formula is C23H27FN2O4. The minimum atomic E-state index is -0.215. The molecule has 2 aromatic carbocycles. The van der Waals surface area contributed by atoms with E-state index in [0.29, 0.717) is 35.9 Å². The fourth-order valence-electron chi connectivity index (χ4n) is 4.49. The molecule has 0 saturated carbocycles. The fraction of sp³-hybridized carbons (Fsp3) is 0.435. The summed E-state index contributed by atoms with van der Waals surface area (Å²) >= 11 is 0. The van der Waals surface area contributed by atoms with E-state index in [1.807, 2.05) is 17.0 Å². The number of rotatable bonds is 5. The highest BCUT2D eigenvalue weighted by molar-refractivity contribution is 5.95. The number of anilines is 1. The molecule has 0 atom stereocenters. The predicted molar refractivity (Wildman–Crippen MR) is 112 cm³/mol. The number of ether oxygens (including phenoxy) is 3. The quantitative estimate of drug-likeness (QED) is 0.748. The minimum Gasteiger partial charge on any atom is -0.493 e. The van der Waals surface area contributed by atoms with Crippen LogP contribution in [0.5, 0.6) is 17.2 Å². The highest BCUT2D eigenvalue weighted by Crippen LogP contribution is 2.43. The van der Waals surface area contributed by atoms with Crippen LogP contribution in [0.25, 0.3) is 0 Å². The average molecular weight is 414 g/mol. The van der Waals surface area contributed by atoms with Gasteiger partial charge >= 0.3 is 0 Å². The van der Waals surface area contributed by atoms with E-state index in [2.05, 4.69) is 4.90 Å². The van der Waals surface area contributed by atoms with Crippen LogP contribution in [0.2, 0.25) is 0 Å². The van der Waals surface area contributed by atoms with Gasteiger partial charge in [0.25, 0.3) is 5.91 Å². The van der Waals surface area contributed by atoms with Crippen molar-refractivity contribution in [2.24, 2.45) is 5.41 Å². The molecule has 2 heterocycles. The second kappa shape index (κ2) is 8.05. The number of halogens is 1. The zero-order chi connectivity index (χ0) is 21.3. The summed E-state index contributed by atoms with van der Waals surface area (Å²) in [5.74, 6) is 1.18. The lowest BCUT2D eigenvalue weighted by atomic mass is 9.71. The molecule has 2 fully saturated rings. The van der Waals surface area contributed by atoms with E-state index in [0.717, 1.165) is 31.6 Å². The van der Waals surface area contributed by atoms with Gasteiger partial charge in [-0.15, -0.1) is 0 Å². The molecule has 0 aromatic heterocycles. The van der Waals surface area contributed by atoms with E-state index in [1.165, 1.54) is 12.1 Å². The Hall–Kier alpha value is -2.96. The number of hydrogen-bond donors (Lipinski definition) is 0. The third-order valence-corrected chi connectivity index (χ3v) is 6.27. The largest absolute Gasteiger partial charge is 0.493 e.